The summed E-state index contributed by atoms with van der Waals surface area (Å²) in [7, 11) is 0. The molecule has 5 rings (SSSR count). The van der Waals surface area contributed by atoms with Gasteiger partial charge in [-0.3, -0.25) is 4.79 Å². The van der Waals surface area contributed by atoms with Crippen LogP contribution in [0.25, 0.3) is 0 Å². The predicted octanol–water partition coefficient (Wildman–Crippen LogP) is 5.00. The van der Waals surface area contributed by atoms with Crippen molar-refractivity contribution in [3.63, 3.8) is 0 Å². The summed E-state index contributed by atoms with van der Waals surface area (Å²) < 4.78 is 0. The Morgan fingerprint density at radius 1 is 1.07 bits per heavy atom. The average molecular weight is 423 g/mol. The highest BCUT2D eigenvalue weighted by molar-refractivity contribution is 5.87. The molecule has 0 radical (unpaired) electrons. The zero-order valence-corrected chi connectivity index (χ0v) is 19.2. The molecule has 5 aliphatic rings. The Balaban J connectivity index is 0.00000205. The summed E-state index contributed by atoms with van der Waals surface area (Å²) in [5, 5.41) is 7.99. The van der Waals surface area contributed by atoms with Crippen molar-refractivity contribution in [3.8, 4) is 0 Å². The van der Waals surface area contributed by atoms with E-state index in [9.17, 15) is 4.79 Å². The van der Waals surface area contributed by atoms with E-state index in [2.05, 4.69) is 31.2 Å². The normalized spacial score (nSPS) is 50.4. The van der Waals surface area contributed by atoms with Crippen LogP contribution in [0.2, 0.25) is 0 Å². The molecule has 0 aromatic heterocycles. The van der Waals surface area contributed by atoms with Crippen LogP contribution in [-0.2, 0) is 9.63 Å². The number of hydrogen-bond donors (Lipinski definition) is 1. The molecule has 0 bridgehead atoms. The molecule has 1 saturated heterocycles. The van der Waals surface area contributed by atoms with Gasteiger partial charge in [-0.25, -0.2) is 0 Å². The van der Waals surface area contributed by atoms with Gasteiger partial charge in [-0.05, 0) is 86.5 Å². The number of hydrogen-bond acceptors (Lipinski definition) is 4. The Bertz CT molecular complexity index is 676. The minimum atomic E-state index is -0.00543. The van der Waals surface area contributed by atoms with E-state index in [0.717, 1.165) is 75.3 Å². The molecule has 2 unspecified atom stereocenters. The van der Waals surface area contributed by atoms with Crippen LogP contribution in [0.1, 0.15) is 78.6 Å². The van der Waals surface area contributed by atoms with Gasteiger partial charge in [0, 0.05) is 24.8 Å². The SMILES string of the molecule is CC1C[C@@H]2[C@@H](CC[C@]3(C)C(=O)CC[C@@H]23)[C@@]2(C)CCC(=NO[C@@H]3CCNC3)CC12.Cl. The summed E-state index contributed by atoms with van der Waals surface area (Å²) in [6.45, 7) is 9.36. The van der Waals surface area contributed by atoms with Crippen LogP contribution in [-0.4, -0.2) is 30.7 Å². The first-order chi connectivity index (χ1) is 13.4. The van der Waals surface area contributed by atoms with Crippen LogP contribution >= 0.6 is 12.4 Å². The van der Waals surface area contributed by atoms with E-state index < -0.39 is 0 Å². The van der Waals surface area contributed by atoms with Crippen molar-refractivity contribution in [1.29, 1.82) is 0 Å². The Labute approximate surface area is 182 Å². The van der Waals surface area contributed by atoms with E-state index >= 15 is 0 Å². The third-order valence-electron chi connectivity index (χ3n) is 9.92. The van der Waals surface area contributed by atoms with E-state index in [-0.39, 0.29) is 23.9 Å². The largest absolute Gasteiger partial charge is 0.391 e. The fraction of sp³-hybridized carbons (Fsp3) is 0.917. The van der Waals surface area contributed by atoms with E-state index in [0.29, 0.717) is 17.1 Å². The lowest BCUT2D eigenvalue weighted by Gasteiger charge is -2.61. The first-order valence-corrected chi connectivity index (χ1v) is 11.9. The van der Waals surface area contributed by atoms with Crippen molar-refractivity contribution in [2.24, 2.45) is 45.6 Å². The van der Waals surface area contributed by atoms with Crippen molar-refractivity contribution < 1.29 is 9.63 Å². The number of fused-ring (bicyclic) bond motifs is 5. The number of rotatable bonds is 2. The number of Topliss-reactive ketones (excluding diaryl/α,β-unsaturated/α-hetero) is 1. The van der Waals surface area contributed by atoms with Gasteiger partial charge in [0.1, 0.15) is 11.9 Å². The Morgan fingerprint density at radius 2 is 1.90 bits per heavy atom. The van der Waals surface area contributed by atoms with Crippen LogP contribution in [0, 0.1) is 40.4 Å². The molecule has 0 spiro atoms. The maximum atomic E-state index is 12.6. The average Bonchev–Trinajstić information content (AvgIpc) is 3.29. The second kappa shape index (κ2) is 7.82. The van der Waals surface area contributed by atoms with Gasteiger partial charge in [-0.1, -0.05) is 25.9 Å². The van der Waals surface area contributed by atoms with Gasteiger partial charge in [-0.15, -0.1) is 12.4 Å². The molecule has 164 valence electrons. The first kappa shape index (κ1) is 21.6. The molecule has 4 saturated carbocycles. The first-order valence-electron chi connectivity index (χ1n) is 11.9. The number of nitrogens with zero attached hydrogens (tertiary/aromatic N) is 1. The highest BCUT2D eigenvalue weighted by Gasteiger charge is 2.61. The lowest BCUT2D eigenvalue weighted by molar-refractivity contribution is -0.141. The summed E-state index contributed by atoms with van der Waals surface area (Å²) in [6, 6.07) is 0. The van der Waals surface area contributed by atoms with Gasteiger partial charge < -0.3 is 10.2 Å². The van der Waals surface area contributed by atoms with Crippen LogP contribution in [0.15, 0.2) is 5.16 Å². The molecule has 4 nitrogen and oxygen atoms in total. The summed E-state index contributed by atoms with van der Waals surface area (Å²) in [5.41, 5.74) is 1.72. The molecule has 1 heterocycles. The van der Waals surface area contributed by atoms with Crippen LogP contribution in [0.5, 0.6) is 0 Å². The van der Waals surface area contributed by atoms with E-state index in [1.165, 1.54) is 25.0 Å². The van der Waals surface area contributed by atoms with E-state index in [1.807, 2.05) is 0 Å². The van der Waals surface area contributed by atoms with Crippen LogP contribution in [0.4, 0.5) is 0 Å². The third-order valence-corrected chi connectivity index (χ3v) is 9.92. The molecule has 0 amide bonds. The third kappa shape index (κ3) is 3.37. The van der Waals surface area contributed by atoms with Crippen LogP contribution in [0.3, 0.4) is 0 Å². The van der Waals surface area contributed by atoms with Crippen molar-refractivity contribution in [3.05, 3.63) is 0 Å². The quantitative estimate of drug-likeness (QED) is 0.637. The fourth-order valence-electron chi connectivity index (χ4n) is 8.25. The van der Waals surface area contributed by atoms with Crippen molar-refractivity contribution in [1.82, 2.24) is 5.32 Å². The van der Waals surface area contributed by atoms with Gasteiger partial charge in [-0.2, -0.15) is 0 Å². The highest BCUT2D eigenvalue weighted by atomic mass is 35.5. The van der Waals surface area contributed by atoms with Gasteiger partial charge in [0.05, 0.1) is 5.71 Å². The molecule has 5 fully saturated rings. The molecule has 4 aliphatic carbocycles. The number of ketones is 1. The monoisotopic (exact) mass is 422 g/mol. The molecule has 1 aliphatic heterocycles. The number of carbonyl (C=O) groups excluding carboxylic acids is 1. The lowest BCUT2D eigenvalue weighted by Crippen LogP contribution is -2.56. The fourth-order valence-corrected chi connectivity index (χ4v) is 8.25. The highest BCUT2D eigenvalue weighted by Crippen LogP contribution is 2.66. The molecule has 0 aromatic carbocycles. The van der Waals surface area contributed by atoms with Crippen molar-refractivity contribution in [2.45, 2.75) is 84.7 Å². The van der Waals surface area contributed by atoms with Gasteiger partial charge in [0.2, 0.25) is 0 Å². The molecule has 0 aromatic rings. The Hall–Kier alpha value is -0.610. The minimum absolute atomic E-state index is 0. The van der Waals surface area contributed by atoms with Gasteiger partial charge >= 0.3 is 0 Å². The number of halogens is 1. The lowest BCUT2D eigenvalue weighted by atomic mass is 9.43. The van der Waals surface area contributed by atoms with E-state index in [4.69, 9.17) is 4.84 Å². The Kier molecular flexibility index (Phi) is 5.83. The van der Waals surface area contributed by atoms with Gasteiger partial charge in [0.25, 0.3) is 0 Å². The number of oxime groups is 1. The molecule has 8 atom stereocenters. The van der Waals surface area contributed by atoms with Crippen molar-refractivity contribution in [2.75, 3.05) is 13.1 Å². The maximum absolute atomic E-state index is 12.6. The topological polar surface area (TPSA) is 50.7 Å². The van der Waals surface area contributed by atoms with Crippen LogP contribution < -0.4 is 5.32 Å². The van der Waals surface area contributed by atoms with E-state index in [1.54, 1.807) is 0 Å². The molecular weight excluding hydrogens is 384 g/mol. The molecular formula is C24H39ClN2O2. The standard InChI is InChI=1S/C24H38N2O2.ClH/c1-15-12-18-19-4-5-22(27)24(19,3)10-7-20(18)23(2)9-6-16(13-21(15)23)26-28-17-8-11-25-14-17;/h15,17-21,25H,4-14H2,1-3H3;1H/t15?,17-,18+,19+,20-,21?,23-,24+;/m1./s1. The number of carbonyl (C=O) groups is 1. The summed E-state index contributed by atoms with van der Waals surface area (Å²) in [4.78, 5) is 18.5. The second-order valence-corrected chi connectivity index (χ2v) is 11.2. The zero-order valence-electron chi connectivity index (χ0n) is 18.4. The predicted molar refractivity (Wildman–Crippen MR) is 118 cm³/mol. The Morgan fingerprint density at radius 3 is 2.66 bits per heavy atom. The van der Waals surface area contributed by atoms with Gasteiger partial charge in [0.15, 0.2) is 0 Å². The zero-order chi connectivity index (χ0) is 19.5. The smallest absolute Gasteiger partial charge is 0.141 e. The maximum Gasteiger partial charge on any atom is 0.141 e. The summed E-state index contributed by atoms with van der Waals surface area (Å²) >= 11 is 0. The number of nitrogens with one attached hydrogen (secondary N) is 1. The molecule has 1 N–H and O–H groups in total. The molecule has 5 heteroatoms. The molecule has 29 heavy (non-hydrogen) atoms. The second-order valence-electron chi connectivity index (χ2n) is 11.2. The minimum Gasteiger partial charge on any atom is -0.391 e. The van der Waals surface area contributed by atoms with Crippen molar-refractivity contribution >= 4 is 23.9 Å². The summed E-state index contributed by atoms with van der Waals surface area (Å²) in [6.07, 6.45) is 10.5. The summed E-state index contributed by atoms with van der Waals surface area (Å²) in [5.74, 6) is 4.23.